The molecule has 0 spiro atoms. The van der Waals surface area contributed by atoms with Crippen molar-refractivity contribution in [1.82, 2.24) is 4.57 Å². The van der Waals surface area contributed by atoms with Crippen molar-refractivity contribution in [3.05, 3.63) is 88.6 Å². The van der Waals surface area contributed by atoms with Crippen LogP contribution in [0.5, 0.6) is 11.5 Å². The van der Waals surface area contributed by atoms with Gasteiger partial charge in [0.2, 0.25) is 0 Å². The number of hydrogen-bond acceptors (Lipinski definition) is 10. The van der Waals surface area contributed by atoms with Gasteiger partial charge < -0.3 is 19.1 Å². The van der Waals surface area contributed by atoms with E-state index in [4.69, 9.17) is 14.2 Å². The Morgan fingerprint density at radius 3 is 2.57 bits per heavy atom. The van der Waals surface area contributed by atoms with Gasteiger partial charge in [0.15, 0.2) is 16.3 Å². The summed E-state index contributed by atoms with van der Waals surface area (Å²) in [6, 6.07) is 9.17. The number of benzene rings is 2. The minimum atomic E-state index is -0.837. The van der Waals surface area contributed by atoms with Gasteiger partial charge >= 0.3 is 5.97 Å². The molecule has 1 saturated heterocycles. The number of hydrogen-bond donors (Lipinski definition) is 0. The van der Waals surface area contributed by atoms with Gasteiger partial charge in [0.25, 0.3) is 11.2 Å². The lowest BCUT2D eigenvalue weighted by molar-refractivity contribution is -0.384. The normalized spacial score (nSPS) is 16.7. The van der Waals surface area contributed by atoms with E-state index in [-0.39, 0.29) is 23.4 Å². The molecule has 0 saturated carbocycles. The highest BCUT2D eigenvalue weighted by atomic mass is 32.1. The number of carbonyl (C=O) groups is 1. The number of esters is 1. The number of ether oxygens (including phenoxy) is 3. The van der Waals surface area contributed by atoms with E-state index in [2.05, 4.69) is 9.89 Å². The fourth-order valence-electron chi connectivity index (χ4n) is 5.40. The number of rotatable bonds is 9. The Kier molecular flexibility index (Phi) is 8.44. The average molecular weight is 593 g/mol. The first-order valence-electron chi connectivity index (χ1n) is 13.8. The molecule has 5 rings (SSSR count). The highest BCUT2D eigenvalue weighted by Crippen LogP contribution is 2.36. The zero-order chi connectivity index (χ0) is 30.0. The number of non-ortho nitro benzene ring substituents is 1. The lowest BCUT2D eigenvalue weighted by atomic mass is 9.95. The summed E-state index contributed by atoms with van der Waals surface area (Å²) in [6.45, 7) is 7.51. The molecule has 3 aromatic rings. The second kappa shape index (κ2) is 12.2. The first-order valence-corrected chi connectivity index (χ1v) is 14.6. The van der Waals surface area contributed by atoms with Crippen molar-refractivity contribution in [2.24, 2.45) is 4.99 Å². The van der Waals surface area contributed by atoms with E-state index < -0.39 is 16.9 Å². The molecule has 1 aromatic heterocycles. The number of nitro benzene ring substituents is 1. The Bertz CT molecular complexity index is 1750. The minimum absolute atomic E-state index is 0.0584. The summed E-state index contributed by atoms with van der Waals surface area (Å²) in [6.07, 6.45) is 3.74. The van der Waals surface area contributed by atoms with Gasteiger partial charge in [0, 0.05) is 36.5 Å². The smallest absolute Gasteiger partial charge is 0.338 e. The van der Waals surface area contributed by atoms with Crippen LogP contribution in [0.3, 0.4) is 0 Å². The third kappa shape index (κ3) is 5.41. The second-order valence-electron chi connectivity index (χ2n) is 9.84. The predicted octanol–water partition coefficient (Wildman–Crippen LogP) is 3.71. The molecule has 42 heavy (non-hydrogen) atoms. The van der Waals surface area contributed by atoms with Gasteiger partial charge in [-0.25, -0.2) is 9.79 Å². The largest absolute Gasteiger partial charge is 0.493 e. The van der Waals surface area contributed by atoms with Gasteiger partial charge in [-0.3, -0.25) is 19.5 Å². The van der Waals surface area contributed by atoms with E-state index in [1.54, 1.807) is 51.3 Å². The van der Waals surface area contributed by atoms with Crippen LogP contribution in [0.15, 0.2) is 57.5 Å². The van der Waals surface area contributed by atoms with Gasteiger partial charge in [0.1, 0.15) is 0 Å². The van der Waals surface area contributed by atoms with E-state index in [9.17, 15) is 19.7 Å². The third-order valence-corrected chi connectivity index (χ3v) is 8.26. The van der Waals surface area contributed by atoms with Gasteiger partial charge in [-0.05, 0) is 63.5 Å². The van der Waals surface area contributed by atoms with Crippen LogP contribution in [0, 0.1) is 10.1 Å². The van der Waals surface area contributed by atoms with Crippen molar-refractivity contribution >= 4 is 34.8 Å². The first-order chi connectivity index (χ1) is 20.3. The van der Waals surface area contributed by atoms with Crippen LogP contribution in [0.1, 0.15) is 50.8 Å². The van der Waals surface area contributed by atoms with E-state index in [0.717, 1.165) is 31.6 Å². The Hall–Kier alpha value is -4.45. The van der Waals surface area contributed by atoms with Crippen molar-refractivity contribution < 1.29 is 23.9 Å². The van der Waals surface area contributed by atoms with E-state index in [0.29, 0.717) is 44.3 Å². The van der Waals surface area contributed by atoms with Crippen LogP contribution in [0.25, 0.3) is 6.08 Å². The zero-order valence-corrected chi connectivity index (χ0v) is 24.7. The molecule has 0 unspecified atom stereocenters. The molecule has 220 valence electrons. The number of anilines is 1. The average Bonchev–Trinajstić information content (AvgIpc) is 3.61. The van der Waals surface area contributed by atoms with Gasteiger partial charge in [-0.2, -0.15) is 0 Å². The molecule has 2 aliphatic rings. The first kappa shape index (κ1) is 29.1. The molecule has 0 aliphatic carbocycles. The number of allylic oxidation sites excluding steroid dienone is 1. The van der Waals surface area contributed by atoms with Crippen LogP contribution in [-0.2, 0) is 9.53 Å². The lowest BCUT2D eigenvalue weighted by Crippen LogP contribution is -2.40. The maximum atomic E-state index is 14.1. The number of aromatic nitrogens is 1. The van der Waals surface area contributed by atoms with E-state index >= 15 is 0 Å². The molecule has 0 amide bonds. The maximum Gasteiger partial charge on any atom is 0.338 e. The molecule has 0 radical (unpaired) electrons. The maximum absolute atomic E-state index is 14.1. The number of nitro groups is 1. The van der Waals surface area contributed by atoms with Gasteiger partial charge in [0.05, 0.1) is 47.1 Å². The third-order valence-electron chi connectivity index (χ3n) is 7.28. The van der Waals surface area contributed by atoms with Crippen LogP contribution < -0.4 is 29.3 Å². The number of nitrogens with zero attached hydrogens (tertiary/aromatic N) is 4. The molecular formula is C30H32N4O7S. The number of carbonyl (C=O) groups excluding carboxylic acids is 1. The molecule has 3 heterocycles. The van der Waals surface area contributed by atoms with Crippen LogP contribution in [-0.4, -0.2) is 48.9 Å². The Balaban J connectivity index is 1.73. The minimum Gasteiger partial charge on any atom is -0.493 e. The van der Waals surface area contributed by atoms with Gasteiger partial charge in [-0.15, -0.1) is 0 Å². The molecule has 12 heteroatoms. The summed E-state index contributed by atoms with van der Waals surface area (Å²) >= 11 is 1.17. The second-order valence-corrected chi connectivity index (χ2v) is 10.8. The SMILES string of the molecule is CCOC(=O)C1=C(C)N=c2s/c(=C/c3cc([N+](=O)[O-])ccc3N3CCCC3)c(=O)n2[C@H]1c1ccc(OC)c(OCC)c1. The van der Waals surface area contributed by atoms with Crippen molar-refractivity contribution in [3.63, 3.8) is 0 Å². The summed E-state index contributed by atoms with van der Waals surface area (Å²) in [7, 11) is 1.54. The lowest BCUT2D eigenvalue weighted by Gasteiger charge is -2.25. The molecule has 11 nitrogen and oxygen atoms in total. The molecule has 2 aliphatic heterocycles. The van der Waals surface area contributed by atoms with Crippen molar-refractivity contribution in [3.8, 4) is 11.5 Å². The molecule has 1 fully saturated rings. The zero-order valence-electron chi connectivity index (χ0n) is 23.9. The molecule has 0 bridgehead atoms. The topological polar surface area (TPSA) is 126 Å². The summed E-state index contributed by atoms with van der Waals surface area (Å²) < 4.78 is 18.5. The summed E-state index contributed by atoms with van der Waals surface area (Å²) in [5.41, 5.74) is 2.29. The fraction of sp³-hybridized carbons (Fsp3) is 0.367. The summed E-state index contributed by atoms with van der Waals surface area (Å²) in [4.78, 5) is 45.7. The highest BCUT2D eigenvalue weighted by Gasteiger charge is 2.34. The number of fused-ring (bicyclic) bond motifs is 1. The number of methoxy groups -OCH3 is 1. The predicted molar refractivity (Wildman–Crippen MR) is 159 cm³/mol. The Morgan fingerprint density at radius 1 is 1.14 bits per heavy atom. The van der Waals surface area contributed by atoms with Crippen LogP contribution in [0.2, 0.25) is 0 Å². The van der Waals surface area contributed by atoms with E-state index in [1.165, 1.54) is 28.0 Å². The highest BCUT2D eigenvalue weighted by molar-refractivity contribution is 7.07. The Morgan fingerprint density at radius 2 is 1.90 bits per heavy atom. The summed E-state index contributed by atoms with van der Waals surface area (Å²) in [5.74, 6) is 0.428. The number of thiazole rings is 1. The molecular weight excluding hydrogens is 560 g/mol. The van der Waals surface area contributed by atoms with Crippen LogP contribution in [0.4, 0.5) is 11.4 Å². The standard InChI is InChI=1S/C30H32N4O7S/c1-5-40-24-16-19(9-12-23(24)39-4)27-26(29(36)41-6-2)18(3)31-30-33(27)28(35)25(42-30)17-20-15-21(34(37)38)10-11-22(20)32-13-7-8-14-32/h9-12,15-17,27H,5-8,13-14H2,1-4H3/b25-17+/t27-/m0/s1. The van der Waals surface area contributed by atoms with Crippen molar-refractivity contribution in [1.29, 1.82) is 0 Å². The quantitative estimate of drug-likeness (QED) is 0.209. The fourth-order valence-corrected chi connectivity index (χ4v) is 6.43. The summed E-state index contributed by atoms with van der Waals surface area (Å²) in [5, 5.41) is 11.6. The molecule has 1 atom stereocenters. The van der Waals surface area contributed by atoms with Crippen molar-refractivity contribution in [2.45, 2.75) is 39.7 Å². The monoisotopic (exact) mass is 592 g/mol. The molecule has 0 N–H and O–H groups in total. The van der Waals surface area contributed by atoms with Crippen molar-refractivity contribution in [2.75, 3.05) is 38.3 Å². The van der Waals surface area contributed by atoms with E-state index in [1.807, 2.05) is 6.92 Å². The molecule has 2 aromatic carbocycles. The van der Waals surface area contributed by atoms with Gasteiger partial charge in [-0.1, -0.05) is 17.4 Å². The Labute approximate surface area is 246 Å². The van der Waals surface area contributed by atoms with Crippen LogP contribution >= 0.6 is 11.3 Å².